The molecule has 0 unspecified atom stereocenters. The van der Waals surface area contributed by atoms with Gasteiger partial charge in [-0.25, -0.2) is 0 Å². The van der Waals surface area contributed by atoms with E-state index >= 15 is 0 Å². The van der Waals surface area contributed by atoms with Crippen LogP contribution in [0.5, 0.6) is 23.0 Å². The van der Waals surface area contributed by atoms with E-state index in [-0.39, 0.29) is 0 Å². The highest BCUT2D eigenvalue weighted by Crippen LogP contribution is 2.38. The zero-order valence-electron chi connectivity index (χ0n) is 21.4. The fourth-order valence-corrected chi connectivity index (χ4v) is 6.48. The van der Waals surface area contributed by atoms with E-state index in [4.69, 9.17) is 18.9 Å². The lowest BCUT2D eigenvalue weighted by molar-refractivity contribution is 0.173. The summed E-state index contributed by atoms with van der Waals surface area (Å²) in [5.41, 5.74) is 8.45. The predicted molar refractivity (Wildman–Crippen MR) is 145 cm³/mol. The highest BCUT2D eigenvalue weighted by atomic mass is 16.7. The van der Waals surface area contributed by atoms with E-state index in [0.717, 1.165) is 75.1 Å². The van der Waals surface area contributed by atoms with Gasteiger partial charge in [-0.2, -0.15) is 0 Å². The predicted octanol–water partition coefficient (Wildman–Crippen LogP) is 5.41. The van der Waals surface area contributed by atoms with E-state index in [9.17, 15) is 0 Å². The molecule has 4 aliphatic heterocycles. The van der Waals surface area contributed by atoms with Crippen LogP contribution >= 0.6 is 0 Å². The Labute approximate surface area is 222 Å². The van der Waals surface area contributed by atoms with Gasteiger partial charge in [-0.15, -0.1) is 0 Å². The maximum atomic E-state index is 5.57. The zero-order valence-corrected chi connectivity index (χ0v) is 21.4. The summed E-state index contributed by atoms with van der Waals surface area (Å²) < 4.78 is 22.1. The average Bonchev–Trinajstić information content (AvgIpc) is 3.62. The summed E-state index contributed by atoms with van der Waals surface area (Å²) in [5.74, 6) is 3.45. The first-order valence-electron chi connectivity index (χ1n) is 13.5. The van der Waals surface area contributed by atoms with Crippen LogP contribution in [0.3, 0.4) is 0 Å². The van der Waals surface area contributed by atoms with Gasteiger partial charge in [-0.3, -0.25) is 9.80 Å². The summed E-state index contributed by atoms with van der Waals surface area (Å²) in [6, 6.07) is 22.1. The monoisotopic (exact) mass is 506 g/mol. The van der Waals surface area contributed by atoms with Crippen molar-refractivity contribution in [2.24, 2.45) is 0 Å². The van der Waals surface area contributed by atoms with E-state index in [1.54, 1.807) is 0 Å². The van der Waals surface area contributed by atoms with Crippen LogP contribution in [0, 0.1) is 0 Å². The zero-order chi connectivity index (χ0) is 25.1. The smallest absolute Gasteiger partial charge is 0.231 e. The van der Waals surface area contributed by atoms with Crippen molar-refractivity contribution in [3.05, 3.63) is 94.0 Å². The molecule has 192 valence electrons. The van der Waals surface area contributed by atoms with Gasteiger partial charge in [0, 0.05) is 39.3 Å². The van der Waals surface area contributed by atoms with Crippen molar-refractivity contribution in [3.63, 3.8) is 0 Å². The average molecular weight is 507 g/mol. The van der Waals surface area contributed by atoms with E-state index in [2.05, 4.69) is 58.3 Å². The molecule has 4 aliphatic rings. The Morgan fingerprint density at radius 1 is 0.474 bits per heavy atom. The minimum atomic E-state index is 0.327. The molecular weight excluding hydrogens is 476 g/mol. The van der Waals surface area contributed by atoms with Crippen molar-refractivity contribution >= 4 is 10.8 Å². The lowest BCUT2D eigenvalue weighted by Crippen LogP contribution is -2.31. The van der Waals surface area contributed by atoms with Crippen molar-refractivity contribution in [2.75, 3.05) is 26.7 Å². The number of hydrogen-bond acceptors (Lipinski definition) is 6. The fraction of sp³-hybridized carbons (Fsp3) is 0.312. The van der Waals surface area contributed by atoms with Crippen LogP contribution in [0.4, 0.5) is 0 Å². The molecule has 0 aliphatic carbocycles. The highest BCUT2D eigenvalue weighted by Gasteiger charge is 2.26. The number of benzene rings is 4. The number of hydrogen-bond donors (Lipinski definition) is 0. The lowest BCUT2D eigenvalue weighted by atomic mass is 9.87. The van der Waals surface area contributed by atoms with E-state index in [1.165, 1.54) is 44.2 Å². The van der Waals surface area contributed by atoms with Gasteiger partial charge in [0.2, 0.25) is 13.6 Å². The molecule has 4 aromatic rings. The van der Waals surface area contributed by atoms with Crippen LogP contribution in [0.1, 0.15) is 33.4 Å². The van der Waals surface area contributed by atoms with Crippen molar-refractivity contribution in [1.29, 1.82) is 0 Å². The molecule has 0 amide bonds. The normalized spacial score (nSPS) is 17.4. The van der Waals surface area contributed by atoms with Gasteiger partial charge in [0.1, 0.15) is 0 Å². The van der Waals surface area contributed by atoms with Crippen LogP contribution in [0.2, 0.25) is 0 Å². The molecule has 0 saturated heterocycles. The molecule has 0 fully saturated rings. The summed E-state index contributed by atoms with van der Waals surface area (Å²) in [6.45, 7) is 6.73. The summed E-state index contributed by atoms with van der Waals surface area (Å²) in [5, 5.41) is 3.02. The molecule has 0 aromatic heterocycles. The molecule has 0 N–H and O–H groups in total. The lowest BCUT2D eigenvalue weighted by Gasteiger charge is -2.34. The minimum Gasteiger partial charge on any atom is -0.454 e. The molecule has 38 heavy (non-hydrogen) atoms. The first kappa shape index (κ1) is 22.3. The molecular formula is C32H30N2O4. The van der Waals surface area contributed by atoms with Crippen molar-refractivity contribution in [2.45, 2.75) is 39.0 Å². The standard InChI is InChI=1S/C32H30N2O4/c1-7-27-29(37-19-35-27)13-21(1)9-11-33-15-23-3-5-25-17-34(18-26-6-4-24(16-33)31(23)32(25)26)12-10-22-2-8-28-30(14-22)38-20-36-28/h1-8,13-14H,9-12,15-20H2. The molecule has 6 heteroatoms. The third kappa shape index (κ3) is 3.87. The van der Waals surface area contributed by atoms with Crippen LogP contribution in [-0.2, 0) is 39.0 Å². The molecule has 0 atom stereocenters. The maximum Gasteiger partial charge on any atom is 0.231 e. The second-order valence-electron chi connectivity index (χ2n) is 10.8. The minimum absolute atomic E-state index is 0.327. The Morgan fingerprint density at radius 3 is 1.29 bits per heavy atom. The van der Waals surface area contributed by atoms with E-state index < -0.39 is 0 Å². The summed E-state index contributed by atoms with van der Waals surface area (Å²) >= 11 is 0. The van der Waals surface area contributed by atoms with Gasteiger partial charge < -0.3 is 18.9 Å². The number of nitrogens with zero attached hydrogens (tertiary/aromatic N) is 2. The Balaban J connectivity index is 0.967. The largest absolute Gasteiger partial charge is 0.454 e. The molecule has 0 bridgehead atoms. The second-order valence-corrected chi connectivity index (χ2v) is 10.8. The topological polar surface area (TPSA) is 43.4 Å². The van der Waals surface area contributed by atoms with Gasteiger partial charge in [-0.05, 0) is 81.3 Å². The second kappa shape index (κ2) is 8.93. The summed E-state index contributed by atoms with van der Waals surface area (Å²) in [7, 11) is 0. The summed E-state index contributed by atoms with van der Waals surface area (Å²) in [4.78, 5) is 5.15. The van der Waals surface area contributed by atoms with Crippen LogP contribution in [0.25, 0.3) is 10.8 Å². The third-order valence-electron chi connectivity index (χ3n) is 8.39. The van der Waals surface area contributed by atoms with E-state index in [0.29, 0.717) is 13.6 Å². The number of fused-ring (bicyclic) bond motifs is 2. The van der Waals surface area contributed by atoms with Crippen molar-refractivity contribution in [1.82, 2.24) is 9.80 Å². The van der Waals surface area contributed by atoms with Crippen molar-refractivity contribution < 1.29 is 18.9 Å². The van der Waals surface area contributed by atoms with Gasteiger partial charge in [-0.1, -0.05) is 36.4 Å². The summed E-state index contributed by atoms with van der Waals surface area (Å²) in [6.07, 6.45) is 2.01. The first-order valence-corrected chi connectivity index (χ1v) is 13.5. The molecule has 0 spiro atoms. The quantitative estimate of drug-likeness (QED) is 0.348. The Morgan fingerprint density at radius 2 is 0.868 bits per heavy atom. The van der Waals surface area contributed by atoms with Crippen molar-refractivity contribution in [3.8, 4) is 23.0 Å². The van der Waals surface area contributed by atoms with Gasteiger partial charge >= 0.3 is 0 Å². The Bertz CT molecular complexity index is 1400. The fourth-order valence-electron chi connectivity index (χ4n) is 6.48. The molecule has 0 saturated carbocycles. The van der Waals surface area contributed by atoms with Gasteiger partial charge in [0.15, 0.2) is 23.0 Å². The van der Waals surface area contributed by atoms with Crippen LogP contribution in [0.15, 0.2) is 60.7 Å². The molecule has 4 heterocycles. The Hall–Kier alpha value is -3.74. The van der Waals surface area contributed by atoms with Crippen LogP contribution in [-0.4, -0.2) is 36.5 Å². The first-order chi connectivity index (χ1) is 18.8. The van der Waals surface area contributed by atoms with E-state index in [1.807, 2.05) is 12.1 Å². The molecule has 6 nitrogen and oxygen atoms in total. The van der Waals surface area contributed by atoms with Gasteiger partial charge in [0.05, 0.1) is 0 Å². The SMILES string of the molecule is c1cc2c(cc1CCN1Cc3ccc4c5c(ccc(c35)C1)CN(CCc1ccc3c(c1)OCO3)C4)OCO2. The third-order valence-corrected chi connectivity index (χ3v) is 8.39. The number of ether oxygens (including phenoxy) is 4. The van der Waals surface area contributed by atoms with Gasteiger partial charge in [0.25, 0.3) is 0 Å². The molecule has 8 rings (SSSR count). The highest BCUT2D eigenvalue weighted by molar-refractivity contribution is 5.95. The molecule has 4 aromatic carbocycles. The number of rotatable bonds is 6. The Kier molecular flexibility index (Phi) is 5.23. The van der Waals surface area contributed by atoms with Crippen LogP contribution < -0.4 is 18.9 Å². The maximum absolute atomic E-state index is 5.57. The molecule has 0 radical (unpaired) electrons.